The van der Waals surface area contributed by atoms with Crippen LogP contribution in [0, 0.1) is 0 Å². The molecule has 8 heteroatoms. The van der Waals surface area contributed by atoms with Crippen molar-refractivity contribution in [2.45, 2.75) is 356 Å². The first-order chi connectivity index (χ1) is 54.7. The molecule has 8 nitrogen and oxygen atoms in total. The molecule has 30 aliphatic carbocycles. The zero-order chi connectivity index (χ0) is 76.3. The van der Waals surface area contributed by atoms with Gasteiger partial charge in [0.05, 0.1) is 0 Å². The average Bonchev–Trinajstić information content (AvgIpc) is 0.780. The molecule has 30 aliphatic rings. The molecule has 0 spiro atoms. The van der Waals surface area contributed by atoms with Crippen molar-refractivity contribution >= 4 is 0 Å². The SMILES string of the molecule is Oc1cc2c(C3CCCCC3)cc1Cc1cc(C3CCCCC3)c(cc1O)Cc1cc(O)c(cc1C1CCCCC1)Cc1cc(C3CCCCC3)c(cc1O)Cc1cc(O)c(cc1C1CCCCC1)Cc1cc(C3CCCCC3)c(cc1O)Cc1cc(O)c(cc1C1CCCCC1)Cc1cc(C3CCCCC3)c(cc1O)C2. The monoisotopic (exact) mass is 1500 g/mol. The fraction of sp³-hybridized carbons (Fsp3) is 0.538. The van der Waals surface area contributed by atoms with Crippen molar-refractivity contribution < 1.29 is 40.9 Å². The fourth-order valence-corrected chi connectivity index (χ4v) is 23.9. The van der Waals surface area contributed by atoms with Crippen LogP contribution in [-0.4, -0.2) is 40.9 Å². The lowest BCUT2D eigenvalue weighted by atomic mass is 9.76. The van der Waals surface area contributed by atoms with Gasteiger partial charge in [-0.3, -0.25) is 0 Å². The smallest absolute Gasteiger partial charge is 0.119 e. The fourth-order valence-electron chi connectivity index (χ4n) is 23.9. The summed E-state index contributed by atoms with van der Waals surface area (Å²) in [6, 6.07) is 34.8. The van der Waals surface area contributed by atoms with Crippen LogP contribution in [-0.2, 0) is 51.4 Å². The largest absolute Gasteiger partial charge is 0.508 e. The Morgan fingerprint density at radius 2 is 0.223 bits per heavy atom. The first kappa shape index (κ1) is 76.8. The zero-order valence-electron chi connectivity index (χ0n) is 67.4. The van der Waals surface area contributed by atoms with Gasteiger partial charge in [-0.25, -0.2) is 0 Å². The van der Waals surface area contributed by atoms with Gasteiger partial charge in [-0.15, -0.1) is 0 Å². The maximum absolute atomic E-state index is 12.6. The van der Waals surface area contributed by atoms with Gasteiger partial charge in [0.15, 0.2) is 0 Å². The molecule has 16 bridgehead atoms. The lowest BCUT2D eigenvalue weighted by Crippen LogP contribution is -2.13. The van der Waals surface area contributed by atoms with Gasteiger partial charge >= 0.3 is 0 Å². The minimum absolute atomic E-state index is 0.246. The third kappa shape index (κ3) is 17.0. The molecular weight excluding hydrogens is 1380 g/mol. The van der Waals surface area contributed by atoms with Gasteiger partial charge < -0.3 is 40.9 Å². The molecule has 0 aliphatic heterocycles. The second-order valence-corrected chi connectivity index (χ2v) is 37.5. The van der Waals surface area contributed by atoms with E-state index in [1.54, 1.807) is 0 Å². The Morgan fingerprint density at radius 3 is 0.330 bits per heavy atom. The highest BCUT2D eigenvalue weighted by atomic mass is 16.3. The number of aromatic hydroxyl groups is 8. The molecule has 0 unspecified atom stereocenters. The minimum Gasteiger partial charge on any atom is -0.508 e. The van der Waals surface area contributed by atoms with Crippen LogP contribution in [0.4, 0.5) is 0 Å². The van der Waals surface area contributed by atoms with Crippen LogP contribution in [0.1, 0.15) is 438 Å². The summed E-state index contributed by atoms with van der Waals surface area (Å²) in [7, 11) is 0. The second-order valence-electron chi connectivity index (χ2n) is 37.5. The number of rotatable bonds is 8. The van der Waals surface area contributed by atoms with E-state index in [1.165, 1.54) is 95.9 Å². The molecule has 8 saturated carbocycles. The molecule has 38 rings (SSSR count). The molecule has 592 valence electrons. The van der Waals surface area contributed by atoms with Crippen molar-refractivity contribution in [2.24, 2.45) is 0 Å². The third-order valence-electron chi connectivity index (χ3n) is 30.1. The summed E-state index contributed by atoms with van der Waals surface area (Å²) >= 11 is 0. The van der Waals surface area contributed by atoms with E-state index in [2.05, 4.69) is 48.5 Å². The molecule has 8 fully saturated rings. The predicted molar refractivity (Wildman–Crippen MR) is 454 cm³/mol. The lowest BCUT2D eigenvalue weighted by Gasteiger charge is -2.29. The Morgan fingerprint density at radius 1 is 0.125 bits per heavy atom. The molecule has 0 heterocycles. The van der Waals surface area contributed by atoms with Crippen LogP contribution in [0.5, 0.6) is 46.0 Å². The highest BCUT2D eigenvalue weighted by Gasteiger charge is 2.33. The van der Waals surface area contributed by atoms with E-state index in [-0.39, 0.29) is 46.0 Å². The highest BCUT2D eigenvalue weighted by molar-refractivity contribution is 5.60. The van der Waals surface area contributed by atoms with Crippen LogP contribution >= 0.6 is 0 Å². The molecular formula is C104H128O8. The Kier molecular flexibility index (Phi) is 23.8. The second kappa shape index (κ2) is 34.7. The molecule has 0 amide bonds. The van der Waals surface area contributed by atoms with E-state index in [4.69, 9.17) is 0 Å². The van der Waals surface area contributed by atoms with Crippen LogP contribution < -0.4 is 0 Å². The quantitative estimate of drug-likeness (QED) is 0.0746. The van der Waals surface area contributed by atoms with Crippen LogP contribution in [0.25, 0.3) is 0 Å². The van der Waals surface area contributed by atoms with Gasteiger partial charge in [-0.05, 0) is 358 Å². The maximum atomic E-state index is 12.6. The Hall–Kier alpha value is -7.84. The summed E-state index contributed by atoms with van der Waals surface area (Å²) in [5, 5.41) is 101. The van der Waals surface area contributed by atoms with Gasteiger partial charge in [0.25, 0.3) is 0 Å². The summed E-state index contributed by atoms with van der Waals surface area (Å²) in [4.78, 5) is 0. The molecule has 0 atom stereocenters. The molecule has 112 heavy (non-hydrogen) atoms. The molecule has 8 N–H and O–H groups in total. The van der Waals surface area contributed by atoms with E-state index in [1.807, 2.05) is 48.5 Å². The molecule has 0 saturated heterocycles. The van der Waals surface area contributed by atoms with Gasteiger partial charge in [0, 0.05) is 25.7 Å². The van der Waals surface area contributed by atoms with E-state index < -0.39 is 0 Å². The third-order valence-corrected chi connectivity index (χ3v) is 30.1. The van der Waals surface area contributed by atoms with Gasteiger partial charge in [-0.1, -0.05) is 203 Å². The van der Waals surface area contributed by atoms with E-state index >= 15 is 0 Å². The number of hydrogen-bond acceptors (Lipinski definition) is 8. The zero-order valence-corrected chi connectivity index (χ0v) is 67.4. The molecule has 0 radical (unpaired) electrons. The normalized spacial score (nSPS) is 20.6. The summed E-state index contributed by atoms with van der Waals surface area (Å²) in [6.07, 6.45) is 49.7. The van der Waals surface area contributed by atoms with Crippen molar-refractivity contribution in [1.82, 2.24) is 0 Å². The highest BCUT2D eigenvalue weighted by Crippen LogP contribution is 2.51. The standard InChI is InChI=1S/C104H128O8/c105-97-57-73-41-74-58-98(106)83(51-90(74)66-27-11-2-12-28-66)46-84-52-92(68-31-15-4-16-32-68)77(61-100(84)108)43-78-62-102(110)87(55-94(78)70-35-19-6-20-36-70)48-88-56-96(72-39-23-8-24-40-72)80(64-104(88)112)44-79-63-103(111)86(54-95(79)71-37-21-7-22-38-71)47-85-53-93(69-33-17-5-18-34-69)76(60-101(85)109)42-75-59-99(107)82(50-91(75)67-29-13-3-14-30-67)45-81(97)49-89(73)65-25-9-1-10-26-65/h49-72,105-112H,1-48H2. The van der Waals surface area contributed by atoms with Crippen molar-refractivity contribution in [3.63, 3.8) is 0 Å². The van der Waals surface area contributed by atoms with Gasteiger partial charge in [0.2, 0.25) is 0 Å². The number of phenolic OH excluding ortho intramolecular Hbond substituents is 8. The summed E-state index contributed by atoms with van der Waals surface area (Å²) < 4.78 is 0. The minimum atomic E-state index is 0.246. The van der Waals surface area contributed by atoms with E-state index in [0.717, 1.165) is 294 Å². The lowest BCUT2D eigenvalue weighted by molar-refractivity contribution is 0.434. The van der Waals surface area contributed by atoms with E-state index in [9.17, 15) is 40.9 Å². The predicted octanol–water partition coefficient (Wildman–Crippen LogP) is 26.8. The number of benzene rings is 8. The molecule has 0 aromatic heterocycles. The van der Waals surface area contributed by atoms with E-state index in [0.29, 0.717) is 98.7 Å². The topological polar surface area (TPSA) is 162 Å². The molecule has 8 aromatic carbocycles. The average molecular weight is 1510 g/mol. The first-order valence-electron chi connectivity index (χ1n) is 45.5. The van der Waals surface area contributed by atoms with Crippen molar-refractivity contribution in [1.29, 1.82) is 0 Å². The van der Waals surface area contributed by atoms with Gasteiger partial charge in [0.1, 0.15) is 46.0 Å². The molecule has 8 aromatic rings. The van der Waals surface area contributed by atoms with Gasteiger partial charge in [-0.2, -0.15) is 0 Å². The van der Waals surface area contributed by atoms with Crippen molar-refractivity contribution in [2.75, 3.05) is 0 Å². The Labute approximate surface area is 669 Å². The number of hydrogen-bond donors (Lipinski definition) is 8. The number of phenols is 8. The van der Waals surface area contributed by atoms with Crippen LogP contribution in [0.2, 0.25) is 0 Å². The van der Waals surface area contributed by atoms with Crippen LogP contribution in [0.15, 0.2) is 97.1 Å². The summed E-state index contributed by atoms with van der Waals surface area (Å²) in [5.74, 6) is 4.60. The first-order valence-corrected chi connectivity index (χ1v) is 45.5. The Balaban J connectivity index is 0.815. The van der Waals surface area contributed by atoms with Crippen molar-refractivity contribution in [3.8, 4) is 46.0 Å². The van der Waals surface area contributed by atoms with Crippen LogP contribution in [0.3, 0.4) is 0 Å². The summed E-state index contributed by atoms with van der Waals surface area (Å²) in [6.45, 7) is 0. The van der Waals surface area contributed by atoms with Crippen molar-refractivity contribution in [3.05, 3.63) is 231 Å². The Bertz CT molecular complexity index is 3780. The summed E-state index contributed by atoms with van der Waals surface area (Å²) in [5.41, 5.74) is 25.9. The maximum Gasteiger partial charge on any atom is 0.119 e.